The van der Waals surface area contributed by atoms with Crippen LogP contribution < -0.4 is 20.5 Å². The van der Waals surface area contributed by atoms with E-state index in [1.165, 1.54) is 61.7 Å². The molecule has 15 heteroatoms. The number of amides is 1. The van der Waals surface area contributed by atoms with Gasteiger partial charge in [0.1, 0.15) is 11.6 Å². The molecule has 0 spiro atoms. The van der Waals surface area contributed by atoms with Crippen LogP contribution in [0.5, 0.6) is 11.6 Å². The SMILES string of the molecule is COc1ccc(-c2ccc(C(=O)NC(CO)C(C)(C)C)cc2C(=O)O)c(C(=O)Oc2ccc(C(=N)N)cc2)n1.CS(=O)(=O)O. The Hall–Kier alpha value is -4.86. The summed E-state index contributed by atoms with van der Waals surface area (Å²) in [5, 5.41) is 29.8. The minimum Gasteiger partial charge on any atom is -0.481 e. The Morgan fingerprint density at radius 1 is 1.02 bits per heavy atom. The molecule has 1 amide bonds. The van der Waals surface area contributed by atoms with Crippen molar-refractivity contribution in [2.24, 2.45) is 11.1 Å². The second-order valence-corrected chi connectivity index (χ2v) is 11.9. The number of nitrogens with one attached hydrogen (secondary N) is 2. The van der Waals surface area contributed by atoms with E-state index in [2.05, 4.69) is 10.3 Å². The number of hydrogen-bond donors (Lipinski definition) is 6. The van der Waals surface area contributed by atoms with Crippen LogP contribution in [0.25, 0.3) is 11.1 Å². The van der Waals surface area contributed by atoms with Crippen molar-refractivity contribution in [2.45, 2.75) is 26.8 Å². The number of esters is 1. The lowest BCUT2D eigenvalue weighted by molar-refractivity contribution is 0.0693. The van der Waals surface area contributed by atoms with Crippen molar-refractivity contribution in [3.63, 3.8) is 0 Å². The van der Waals surface area contributed by atoms with E-state index in [4.69, 9.17) is 25.2 Å². The van der Waals surface area contributed by atoms with Crippen molar-refractivity contribution < 1.29 is 47.0 Å². The number of nitrogens with zero attached hydrogens (tertiary/aromatic N) is 1. The van der Waals surface area contributed by atoms with E-state index < -0.39 is 39.4 Å². The van der Waals surface area contributed by atoms with Crippen LogP contribution in [0.1, 0.15) is 57.5 Å². The third-order valence-corrected chi connectivity index (χ3v) is 5.98. The predicted octanol–water partition coefficient (Wildman–Crippen LogP) is 2.60. The van der Waals surface area contributed by atoms with Crippen LogP contribution in [-0.4, -0.2) is 77.9 Å². The smallest absolute Gasteiger partial charge is 0.363 e. The summed E-state index contributed by atoms with van der Waals surface area (Å²) in [6.07, 6.45) is 0.715. The number of nitrogens with two attached hydrogens (primary N) is 1. The molecule has 1 atom stereocenters. The molecule has 3 rings (SSSR count). The monoisotopic (exact) mass is 630 g/mol. The van der Waals surface area contributed by atoms with E-state index in [0.717, 1.165) is 0 Å². The maximum Gasteiger partial charge on any atom is 0.363 e. The minimum atomic E-state index is -3.67. The van der Waals surface area contributed by atoms with E-state index in [-0.39, 0.29) is 52.0 Å². The number of aliphatic hydroxyl groups is 1. The van der Waals surface area contributed by atoms with Crippen molar-refractivity contribution in [2.75, 3.05) is 20.0 Å². The number of amidine groups is 1. The lowest BCUT2D eigenvalue weighted by Crippen LogP contribution is -2.46. The van der Waals surface area contributed by atoms with Gasteiger partial charge in [-0.15, -0.1) is 0 Å². The topological polar surface area (TPSA) is 239 Å². The van der Waals surface area contributed by atoms with Crippen LogP contribution in [-0.2, 0) is 10.1 Å². The number of aromatic carboxylic acids is 1. The highest BCUT2D eigenvalue weighted by molar-refractivity contribution is 7.85. The number of rotatable bonds is 9. The first-order valence-corrected chi connectivity index (χ1v) is 14.6. The summed E-state index contributed by atoms with van der Waals surface area (Å²) in [7, 11) is -2.30. The van der Waals surface area contributed by atoms with E-state index in [1.807, 2.05) is 20.8 Å². The quantitative estimate of drug-likeness (QED) is 0.0657. The molecular weight excluding hydrogens is 596 g/mol. The van der Waals surface area contributed by atoms with E-state index >= 15 is 0 Å². The van der Waals surface area contributed by atoms with Crippen molar-refractivity contribution in [1.29, 1.82) is 5.41 Å². The lowest BCUT2D eigenvalue weighted by Gasteiger charge is -2.29. The van der Waals surface area contributed by atoms with Gasteiger partial charge in [-0.25, -0.2) is 14.6 Å². The molecule has 14 nitrogen and oxygen atoms in total. The van der Waals surface area contributed by atoms with Crippen LogP contribution in [0.3, 0.4) is 0 Å². The van der Waals surface area contributed by atoms with Gasteiger partial charge in [0.15, 0.2) is 5.69 Å². The van der Waals surface area contributed by atoms with Crippen molar-refractivity contribution >= 4 is 33.8 Å². The van der Waals surface area contributed by atoms with Crippen LogP contribution in [0, 0.1) is 10.8 Å². The Labute approximate surface area is 254 Å². The standard InChI is InChI=1S/C28H30N4O7.CH4O3S/c1-28(2,3)21(14-33)31-25(34)16-7-10-18(20(13-16)26(35)36)19-11-12-22(38-4)32-23(19)27(37)39-17-8-5-15(6-9-17)24(29)30;1-5(2,3)4/h5-13,21,33H,14H2,1-4H3,(H3,29,30)(H,31,34)(H,35,36);1H3,(H,2,3,4). The zero-order chi connectivity index (χ0) is 33.4. The number of carboxylic acid groups (broad SMARTS) is 1. The van der Waals surface area contributed by atoms with E-state index in [1.54, 1.807) is 0 Å². The molecule has 0 saturated heterocycles. The molecule has 0 aliphatic carbocycles. The summed E-state index contributed by atoms with van der Waals surface area (Å²) in [5.41, 5.74) is 5.35. The molecule has 236 valence electrons. The predicted molar refractivity (Wildman–Crippen MR) is 161 cm³/mol. The second kappa shape index (κ2) is 14.5. The summed E-state index contributed by atoms with van der Waals surface area (Å²) in [5.74, 6) is -2.66. The van der Waals surface area contributed by atoms with Crippen molar-refractivity contribution in [3.05, 3.63) is 77.0 Å². The number of methoxy groups -OCH3 is 1. The zero-order valence-corrected chi connectivity index (χ0v) is 25.4. The highest BCUT2D eigenvalue weighted by Crippen LogP contribution is 2.30. The largest absolute Gasteiger partial charge is 0.481 e. The first kappa shape index (κ1) is 35.3. The van der Waals surface area contributed by atoms with E-state index in [9.17, 15) is 33.0 Å². The van der Waals surface area contributed by atoms with Crippen molar-refractivity contribution in [3.8, 4) is 22.8 Å². The van der Waals surface area contributed by atoms with Gasteiger partial charge in [-0.05, 0) is 53.4 Å². The van der Waals surface area contributed by atoms with Crippen LogP contribution in [0.2, 0.25) is 0 Å². The third-order valence-electron chi connectivity index (χ3n) is 5.98. The maximum absolute atomic E-state index is 13.2. The number of carboxylic acids is 1. The first-order valence-electron chi connectivity index (χ1n) is 12.8. The van der Waals surface area contributed by atoms with Crippen molar-refractivity contribution in [1.82, 2.24) is 10.3 Å². The molecule has 44 heavy (non-hydrogen) atoms. The Bertz CT molecular complexity index is 1640. The molecule has 2 aromatic carbocycles. The molecule has 1 heterocycles. The molecule has 7 N–H and O–H groups in total. The van der Waals surface area contributed by atoms with Gasteiger partial charge in [0.2, 0.25) is 5.88 Å². The number of ether oxygens (including phenoxy) is 2. The van der Waals surface area contributed by atoms with E-state index in [0.29, 0.717) is 11.8 Å². The summed E-state index contributed by atoms with van der Waals surface area (Å²) >= 11 is 0. The summed E-state index contributed by atoms with van der Waals surface area (Å²) in [6, 6.07) is 12.4. The first-order chi connectivity index (χ1) is 20.3. The minimum absolute atomic E-state index is 0.0648. The van der Waals surface area contributed by atoms with Gasteiger partial charge in [0, 0.05) is 22.8 Å². The highest BCUT2D eigenvalue weighted by atomic mass is 32.2. The molecule has 0 aliphatic rings. The molecule has 0 aliphatic heterocycles. The van der Waals surface area contributed by atoms with Gasteiger partial charge in [0.25, 0.3) is 16.0 Å². The number of aliphatic hydroxyl groups excluding tert-OH is 1. The molecule has 0 radical (unpaired) electrons. The Balaban J connectivity index is 0.00000125. The number of benzene rings is 2. The fraction of sp³-hybridized carbons (Fsp3) is 0.276. The summed E-state index contributed by atoms with van der Waals surface area (Å²) in [6.45, 7) is 5.28. The molecule has 1 unspecified atom stereocenters. The maximum atomic E-state index is 13.2. The average Bonchev–Trinajstić information content (AvgIpc) is 2.93. The summed E-state index contributed by atoms with van der Waals surface area (Å²) in [4.78, 5) is 42.5. The second-order valence-electron chi connectivity index (χ2n) is 10.5. The number of nitrogen functional groups attached to an aromatic ring is 1. The molecule has 1 aromatic heterocycles. The number of hydrogen-bond acceptors (Lipinski definition) is 10. The lowest BCUT2D eigenvalue weighted by atomic mass is 9.87. The van der Waals surface area contributed by atoms with Crippen LogP contribution in [0.4, 0.5) is 0 Å². The number of pyridine rings is 1. The third kappa shape index (κ3) is 10.1. The fourth-order valence-corrected chi connectivity index (χ4v) is 3.66. The highest BCUT2D eigenvalue weighted by Gasteiger charge is 2.27. The van der Waals surface area contributed by atoms with Gasteiger partial charge in [-0.3, -0.25) is 14.8 Å². The Kier molecular flexibility index (Phi) is 11.7. The zero-order valence-electron chi connectivity index (χ0n) is 24.6. The molecule has 0 fully saturated rings. The normalized spacial score (nSPS) is 11.8. The molecule has 0 bridgehead atoms. The van der Waals surface area contributed by atoms with Crippen LogP contribution in [0.15, 0.2) is 54.6 Å². The fourth-order valence-electron chi connectivity index (χ4n) is 3.66. The van der Waals surface area contributed by atoms with Gasteiger partial charge < -0.3 is 30.7 Å². The summed E-state index contributed by atoms with van der Waals surface area (Å²) < 4.78 is 36.5. The van der Waals surface area contributed by atoms with Gasteiger partial charge >= 0.3 is 11.9 Å². The van der Waals surface area contributed by atoms with Gasteiger partial charge in [-0.2, -0.15) is 8.42 Å². The number of aromatic nitrogens is 1. The van der Waals surface area contributed by atoms with Crippen LogP contribution >= 0.6 is 0 Å². The number of carbonyl (C=O) groups is 3. The average molecular weight is 631 g/mol. The molecular formula is C29H34N4O10S. The Morgan fingerprint density at radius 2 is 1.57 bits per heavy atom. The molecule has 0 saturated carbocycles. The molecule has 3 aromatic rings. The number of carbonyl (C=O) groups excluding carboxylic acids is 2. The Morgan fingerprint density at radius 3 is 2.05 bits per heavy atom. The van der Waals surface area contributed by atoms with Gasteiger partial charge in [0.05, 0.1) is 31.6 Å². The van der Waals surface area contributed by atoms with Gasteiger partial charge in [-0.1, -0.05) is 26.8 Å².